The molecule has 0 spiro atoms. The molecule has 4 rings (SSSR count). The fourth-order valence-corrected chi connectivity index (χ4v) is 3.91. The van der Waals surface area contributed by atoms with E-state index in [1.165, 1.54) is 0 Å². The highest BCUT2D eigenvalue weighted by Gasteiger charge is 2.16. The summed E-state index contributed by atoms with van der Waals surface area (Å²) in [5, 5.41) is 4.02. The summed E-state index contributed by atoms with van der Waals surface area (Å²) in [6, 6.07) is 19.1. The molecule has 3 aromatic carbocycles. The van der Waals surface area contributed by atoms with Crippen LogP contribution in [0.1, 0.15) is 28.4 Å². The molecule has 0 saturated heterocycles. The van der Waals surface area contributed by atoms with Crippen LogP contribution in [-0.2, 0) is 13.0 Å². The van der Waals surface area contributed by atoms with Gasteiger partial charge in [0, 0.05) is 40.0 Å². The number of fused-ring (bicyclic) bond motifs is 1. The molecule has 1 aromatic heterocycles. The number of methoxy groups -OCH3 is 2. The first kappa shape index (κ1) is 21.3. The number of nitrogens with two attached hydrogens (primary N) is 1. The Bertz CT molecular complexity index is 1260. The monoisotopic (exact) mass is 429 g/mol. The van der Waals surface area contributed by atoms with Gasteiger partial charge in [-0.3, -0.25) is 4.79 Å². The first-order chi connectivity index (χ1) is 15.5. The van der Waals surface area contributed by atoms with E-state index in [9.17, 15) is 4.79 Å². The maximum absolute atomic E-state index is 12.8. The number of nitrogens with one attached hydrogen (secondary N) is 2. The molecule has 0 saturated carbocycles. The number of aryl methyl sites for hydroxylation is 1. The zero-order valence-electron chi connectivity index (χ0n) is 18.5. The lowest BCUT2D eigenvalue weighted by Gasteiger charge is -2.10. The number of H-pyrrole nitrogens is 1. The largest absolute Gasteiger partial charge is 0.493 e. The second kappa shape index (κ2) is 9.06. The van der Waals surface area contributed by atoms with Gasteiger partial charge in [-0.25, -0.2) is 0 Å². The minimum atomic E-state index is -0.111. The molecule has 4 aromatic rings. The lowest BCUT2D eigenvalue weighted by molar-refractivity contribution is 0.0951. The van der Waals surface area contributed by atoms with Gasteiger partial charge in [0.25, 0.3) is 5.91 Å². The van der Waals surface area contributed by atoms with E-state index in [4.69, 9.17) is 15.2 Å². The molecule has 0 bridgehead atoms. The molecule has 0 atom stereocenters. The highest BCUT2D eigenvalue weighted by molar-refractivity contribution is 6.00. The van der Waals surface area contributed by atoms with Crippen LogP contribution in [0.4, 0.5) is 5.69 Å². The molecular formula is C26H27N3O3. The quantitative estimate of drug-likeness (QED) is 0.364. The summed E-state index contributed by atoms with van der Waals surface area (Å²) in [5.74, 6) is 1.25. The predicted octanol–water partition coefficient (Wildman–Crippen LogP) is 4.93. The van der Waals surface area contributed by atoms with Crippen molar-refractivity contribution in [1.82, 2.24) is 10.3 Å². The number of rotatable bonds is 7. The van der Waals surface area contributed by atoms with Crippen molar-refractivity contribution in [2.45, 2.75) is 19.9 Å². The Balaban J connectivity index is 1.64. The van der Waals surface area contributed by atoms with Crippen molar-refractivity contribution >= 4 is 22.5 Å². The average Bonchev–Trinajstić information content (AvgIpc) is 3.20. The standard InChI is InChI=1S/C26H27N3O3/c1-4-20-21-13-18(26(30)28-15-16-5-9-19(27)10-6-16)7-11-22(21)29-25(20)17-8-12-23(31-2)24(14-17)32-3/h5-14,29H,4,15,27H2,1-3H3,(H,28,30). The molecule has 6 heteroatoms. The number of carbonyl (C=O) groups is 1. The summed E-state index contributed by atoms with van der Waals surface area (Å²) >= 11 is 0. The maximum atomic E-state index is 12.8. The third-order valence-electron chi connectivity index (χ3n) is 5.63. The van der Waals surface area contributed by atoms with E-state index in [-0.39, 0.29) is 5.91 Å². The van der Waals surface area contributed by atoms with Crippen LogP contribution in [0.3, 0.4) is 0 Å². The molecule has 164 valence electrons. The molecule has 1 amide bonds. The van der Waals surface area contributed by atoms with Crippen LogP contribution in [0.2, 0.25) is 0 Å². The van der Waals surface area contributed by atoms with Gasteiger partial charge in [0.2, 0.25) is 0 Å². The Morgan fingerprint density at radius 3 is 2.41 bits per heavy atom. The Kier molecular flexibility index (Phi) is 6.03. The van der Waals surface area contributed by atoms with Crippen LogP contribution in [0.5, 0.6) is 11.5 Å². The van der Waals surface area contributed by atoms with Crippen LogP contribution >= 0.6 is 0 Å². The van der Waals surface area contributed by atoms with E-state index in [0.717, 1.165) is 39.7 Å². The summed E-state index contributed by atoms with van der Waals surface area (Å²) in [5.41, 5.74) is 12.2. The number of benzene rings is 3. The van der Waals surface area contributed by atoms with E-state index in [1.807, 2.05) is 60.7 Å². The number of nitrogen functional groups attached to an aromatic ring is 1. The van der Waals surface area contributed by atoms with Crippen molar-refractivity contribution in [1.29, 1.82) is 0 Å². The first-order valence-electron chi connectivity index (χ1n) is 10.5. The lowest BCUT2D eigenvalue weighted by atomic mass is 10.0. The van der Waals surface area contributed by atoms with Crippen LogP contribution in [0.25, 0.3) is 22.2 Å². The maximum Gasteiger partial charge on any atom is 0.251 e. The molecule has 0 fully saturated rings. The number of anilines is 1. The van der Waals surface area contributed by atoms with Gasteiger partial charge in [-0.1, -0.05) is 19.1 Å². The molecule has 0 aliphatic carbocycles. The van der Waals surface area contributed by atoms with Crippen LogP contribution < -0.4 is 20.5 Å². The zero-order valence-corrected chi connectivity index (χ0v) is 18.5. The molecule has 0 aliphatic heterocycles. The van der Waals surface area contributed by atoms with Crippen molar-refractivity contribution in [3.05, 3.63) is 77.4 Å². The van der Waals surface area contributed by atoms with Gasteiger partial charge in [-0.2, -0.15) is 0 Å². The molecule has 32 heavy (non-hydrogen) atoms. The average molecular weight is 430 g/mol. The van der Waals surface area contributed by atoms with Crippen molar-refractivity contribution in [2.24, 2.45) is 0 Å². The number of hydrogen-bond donors (Lipinski definition) is 3. The van der Waals surface area contributed by atoms with Gasteiger partial charge in [-0.15, -0.1) is 0 Å². The Morgan fingerprint density at radius 2 is 1.72 bits per heavy atom. The summed E-state index contributed by atoms with van der Waals surface area (Å²) in [6.45, 7) is 2.56. The second-order valence-electron chi connectivity index (χ2n) is 7.59. The van der Waals surface area contributed by atoms with Gasteiger partial charge in [0.1, 0.15) is 0 Å². The lowest BCUT2D eigenvalue weighted by Crippen LogP contribution is -2.22. The highest BCUT2D eigenvalue weighted by atomic mass is 16.5. The van der Waals surface area contributed by atoms with Crippen molar-refractivity contribution < 1.29 is 14.3 Å². The summed E-state index contributed by atoms with van der Waals surface area (Å²) < 4.78 is 10.8. The number of ether oxygens (including phenoxy) is 2. The zero-order chi connectivity index (χ0) is 22.7. The van der Waals surface area contributed by atoms with Crippen molar-refractivity contribution in [3.63, 3.8) is 0 Å². The molecule has 1 heterocycles. The fourth-order valence-electron chi connectivity index (χ4n) is 3.91. The Morgan fingerprint density at radius 1 is 0.969 bits per heavy atom. The SMILES string of the molecule is CCc1c(-c2ccc(OC)c(OC)c2)[nH]c2ccc(C(=O)NCc3ccc(N)cc3)cc12. The van der Waals surface area contributed by atoms with Crippen molar-refractivity contribution in [2.75, 3.05) is 20.0 Å². The Labute approximate surface area is 187 Å². The van der Waals surface area contributed by atoms with E-state index < -0.39 is 0 Å². The van der Waals surface area contributed by atoms with Gasteiger partial charge >= 0.3 is 0 Å². The molecule has 0 unspecified atom stereocenters. The molecule has 0 radical (unpaired) electrons. The van der Waals surface area contributed by atoms with E-state index >= 15 is 0 Å². The van der Waals surface area contributed by atoms with Gasteiger partial charge in [0.05, 0.1) is 14.2 Å². The van der Waals surface area contributed by atoms with Gasteiger partial charge < -0.3 is 25.5 Å². The first-order valence-corrected chi connectivity index (χ1v) is 10.5. The smallest absolute Gasteiger partial charge is 0.251 e. The number of amides is 1. The normalized spacial score (nSPS) is 10.8. The predicted molar refractivity (Wildman–Crippen MR) is 128 cm³/mol. The van der Waals surface area contributed by atoms with Gasteiger partial charge in [0.15, 0.2) is 11.5 Å². The Hall–Kier alpha value is -3.93. The fraction of sp³-hybridized carbons (Fsp3) is 0.192. The molecule has 4 N–H and O–H groups in total. The second-order valence-corrected chi connectivity index (χ2v) is 7.59. The van der Waals surface area contributed by atoms with Crippen LogP contribution in [-0.4, -0.2) is 25.1 Å². The van der Waals surface area contributed by atoms with E-state index in [0.29, 0.717) is 29.3 Å². The number of hydrogen-bond acceptors (Lipinski definition) is 4. The third-order valence-corrected chi connectivity index (χ3v) is 5.63. The summed E-state index contributed by atoms with van der Waals surface area (Å²) in [6.07, 6.45) is 0.820. The van der Waals surface area contributed by atoms with Crippen LogP contribution in [0.15, 0.2) is 60.7 Å². The van der Waals surface area contributed by atoms with Crippen LogP contribution in [0, 0.1) is 0 Å². The summed E-state index contributed by atoms with van der Waals surface area (Å²) in [7, 11) is 3.25. The molecular weight excluding hydrogens is 402 g/mol. The van der Waals surface area contributed by atoms with Crippen molar-refractivity contribution in [3.8, 4) is 22.8 Å². The topological polar surface area (TPSA) is 89.4 Å². The minimum Gasteiger partial charge on any atom is -0.493 e. The van der Waals surface area contributed by atoms with Gasteiger partial charge in [-0.05, 0) is 66.1 Å². The number of aromatic amines is 1. The van der Waals surface area contributed by atoms with E-state index in [1.54, 1.807) is 14.2 Å². The summed E-state index contributed by atoms with van der Waals surface area (Å²) in [4.78, 5) is 16.3. The van der Waals surface area contributed by atoms with E-state index in [2.05, 4.69) is 17.2 Å². The number of aromatic nitrogens is 1. The molecule has 0 aliphatic rings. The highest BCUT2D eigenvalue weighted by Crippen LogP contribution is 2.36. The number of carbonyl (C=O) groups excluding carboxylic acids is 1. The molecule has 6 nitrogen and oxygen atoms in total. The minimum absolute atomic E-state index is 0.111. The third kappa shape index (κ3) is 4.12.